The van der Waals surface area contributed by atoms with Crippen LogP contribution in [0.15, 0.2) is 40.8 Å². The van der Waals surface area contributed by atoms with E-state index in [1.54, 1.807) is 6.07 Å². The molecule has 2 aromatic rings. The molecule has 3 fully saturated rings. The van der Waals surface area contributed by atoms with E-state index < -0.39 is 0 Å². The molecular weight excluding hydrogens is 302 g/mol. The molecule has 3 saturated heterocycles. The molecular formula is C19H23N3O2. The molecule has 126 valence electrons. The number of benzene rings is 1. The van der Waals surface area contributed by atoms with Crippen molar-refractivity contribution in [3.8, 4) is 11.3 Å². The summed E-state index contributed by atoms with van der Waals surface area (Å²) in [5.41, 5.74) is 7.36. The maximum absolute atomic E-state index is 12.5. The second-order valence-electron chi connectivity index (χ2n) is 7.00. The molecule has 0 saturated carbocycles. The third-order valence-corrected chi connectivity index (χ3v) is 5.37. The minimum atomic E-state index is -0.128. The van der Waals surface area contributed by atoms with Gasteiger partial charge in [0.15, 0.2) is 5.76 Å². The van der Waals surface area contributed by atoms with E-state index in [-0.39, 0.29) is 11.9 Å². The Kier molecular flexibility index (Phi) is 3.81. The van der Waals surface area contributed by atoms with E-state index >= 15 is 0 Å². The molecule has 1 aromatic carbocycles. The van der Waals surface area contributed by atoms with Crippen molar-refractivity contribution in [2.24, 2.45) is 5.92 Å². The van der Waals surface area contributed by atoms with Crippen LogP contribution in [-0.4, -0.2) is 36.0 Å². The third kappa shape index (κ3) is 2.80. The molecule has 1 aromatic heterocycles. The zero-order chi connectivity index (χ0) is 16.7. The summed E-state index contributed by atoms with van der Waals surface area (Å²) in [5.74, 6) is 1.47. The lowest BCUT2D eigenvalue weighted by molar-refractivity contribution is 0.0269. The summed E-state index contributed by atoms with van der Waals surface area (Å²) in [7, 11) is 0. The number of anilines is 1. The van der Waals surface area contributed by atoms with Crippen molar-refractivity contribution in [1.82, 2.24) is 10.2 Å². The SMILES string of the molecule is CC1CC2CCN1C[C@@H]2NC(=O)c1ccc(-c2cccc(N)c2)o1. The van der Waals surface area contributed by atoms with Crippen LogP contribution in [0.5, 0.6) is 0 Å². The second kappa shape index (κ2) is 5.98. The molecule has 5 rings (SSSR count). The van der Waals surface area contributed by atoms with Gasteiger partial charge in [-0.25, -0.2) is 0 Å². The van der Waals surface area contributed by atoms with Gasteiger partial charge in [0.25, 0.3) is 5.91 Å². The summed E-state index contributed by atoms with van der Waals surface area (Å²) in [6.07, 6.45) is 2.33. The number of nitrogen functional groups attached to an aromatic ring is 1. The number of furan rings is 1. The predicted molar refractivity (Wildman–Crippen MR) is 93.6 cm³/mol. The van der Waals surface area contributed by atoms with Crippen LogP contribution in [0.4, 0.5) is 5.69 Å². The van der Waals surface area contributed by atoms with Gasteiger partial charge in [0.05, 0.1) is 0 Å². The fourth-order valence-corrected chi connectivity index (χ4v) is 4.01. The van der Waals surface area contributed by atoms with Gasteiger partial charge >= 0.3 is 0 Å². The van der Waals surface area contributed by atoms with E-state index in [0.29, 0.717) is 29.2 Å². The monoisotopic (exact) mass is 325 g/mol. The number of nitrogens with two attached hydrogens (primary N) is 1. The summed E-state index contributed by atoms with van der Waals surface area (Å²) in [5, 5.41) is 3.16. The van der Waals surface area contributed by atoms with Crippen LogP contribution in [0.2, 0.25) is 0 Å². The Morgan fingerprint density at radius 2 is 2.21 bits per heavy atom. The highest BCUT2D eigenvalue weighted by Crippen LogP contribution is 2.32. The van der Waals surface area contributed by atoms with Gasteiger partial charge in [0, 0.05) is 29.9 Å². The van der Waals surface area contributed by atoms with Gasteiger partial charge < -0.3 is 15.5 Å². The van der Waals surface area contributed by atoms with Gasteiger partial charge in [-0.3, -0.25) is 9.69 Å². The summed E-state index contributed by atoms with van der Waals surface area (Å²) < 4.78 is 5.75. The van der Waals surface area contributed by atoms with Crippen molar-refractivity contribution in [2.75, 3.05) is 18.8 Å². The third-order valence-electron chi connectivity index (χ3n) is 5.37. The Bertz CT molecular complexity index is 755. The van der Waals surface area contributed by atoms with Crippen molar-refractivity contribution < 1.29 is 9.21 Å². The molecule has 4 heterocycles. The molecule has 0 spiro atoms. The van der Waals surface area contributed by atoms with E-state index in [9.17, 15) is 4.79 Å². The topological polar surface area (TPSA) is 71.5 Å². The lowest BCUT2D eigenvalue weighted by atomic mass is 9.80. The summed E-state index contributed by atoms with van der Waals surface area (Å²) in [4.78, 5) is 15.0. The van der Waals surface area contributed by atoms with E-state index in [1.807, 2.05) is 30.3 Å². The maximum Gasteiger partial charge on any atom is 0.287 e. The highest BCUT2D eigenvalue weighted by atomic mass is 16.3. The molecule has 0 aliphatic carbocycles. The highest BCUT2D eigenvalue weighted by Gasteiger charge is 2.39. The maximum atomic E-state index is 12.5. The van der Waals surface area contributed by atoms with E-state index in [1.165, 1.54) is 6.42 Å². The fourth-order valence-electron chi connectivity index (χ4n) is 4.01. The first-order valence-corrected chi connectivity index (χ1v) is 8.61. The number of rotatable bonds is 3. The molecule has 5 nitrogen and oxygen atoms in total. The minimum absolute atomic E-state index is 0.128. The number of hydrogen-bond acceptors (Lipinski definition) is 4. The Morgan fingerprint density at radius 1 is 1.33 bits per heavy atom. The highest BCUT2D eigenvalue weighted by molar-refractivity contribution is 5.92. The van der Waals surface area contributed by atoms with Gasteiger partial charge in [0.1, 0.15) is 5.76 Å². The molecule has 4 atom stereocenters. The van der Waals surface area contributed by atoms with E-state index in [4.69, 9.17) is 10.2 Å². The number of hydrogen-bond donors (Lipinski definition) is 2. The zero-order valence-electron chi connectivity index (χ0n) is 13.9. The Hall–Kier alpha value is -2.27. The van der Waals surface area contributed by atoms with Crippen molar-refractivity contribution >= 4 is 11.6 Å². The number of piperidine rings is 3. The van der Waals surface area contributed by atoms with Crippen LogP contribution < -0.4 is 11.1 Å². The number of amides is 1. The lowest BCUT2D eigenvalue weighted by Gasteiger charge is -2.48. The molecule has 3 unspecified atom stereocenters. The first kappa shape index (κ1) is 15.3. The molecule has 24 heavy (non-hydrogen) atoms. The van der Waals surface area contributed by atoms with Crippen molar-refractivity contribution in [3.63, 3.8) is 0 Å². The molecule has 3 N–H and O–H groups in total. The van der Waals surface area contributed by atoms with Crippen LogP contribution >= 0.6 is 0 Å². The van der Waals surface area contributed by atoms with Gasteiger partial charge in [-0.2, -0.15) is 0 Å². The number of fused-ring (bicyclic) bond motifs is 3. The number of nitrogens with zero attached hydrogens (tertiary/aromatic N) is 1. The first-order valence-electron chi connectivity index (χ1n) is 8.61. The average molecular weight is 325 g/mol. The van der Waals surface area contributed by atoms with Crippen LogP contribution in [0.25, 0.3) is 11.3 Å². The fraction of sp³-hybridized carbons (Fsp3) is 0.421. The first-order chi connectivity index (χ1) is 11.6. The van der Waals surface area contributed by atoms with Crippen molar-refractivity contribution in [2.45, 2.75) is 31.8 Å². The van der Waals surface area contributed by atoms with E-state index in [2.05, 4.69) is 17.1 Å². The summed E-state index contributed by atoms with van der Waals surface area (Å²) >= 11 is 0. The predicted octanol–water partition coefficient (Wildman–Crippen LogP) is 2.74. The minimum Gasteiger partial charge on any atom is -0.451 e. The number of nitrogens with one attached hydrogen (secondary N) is 1. The molecule has 0 radical (unpaired) electrons. The van der Waals surface area contributed by atoms with Crippen molar-refractivity contribution in [1.29, 1.82) is 0 Å². The Labute approximate surface area is 141 Å². The second-order valence-corrected chi connectivity index (χ2v) is 7.00. The Morgan fingerprint density at radius 3 is 2.92 bits per heavy atom. The standard InChI is InChI=1S/C19H23N3O2/c1-12-9-13-7-8-22(12)11-16(13)21-19(23)18-6-5-17(24-18)14-3-2-4-15(20)10-14/h2-6,10,12-13,16H,7-9,11,20H2,1H3,(H,21,23)/t12?,13?,16-/m0/s1. The summed E-state index contributed by atoms with van der Waals surface area (Å²) in [6, 6.07) is 11.9. The molecule has 5 heteroatoms. The molecule has 3 aliphatic rings. The van der Waals surface area contributed by atoms with Crippen LogP contribution in [0.3, 0.4) is 0 Å². The van der Waals surface area contributed by atoms with Gasteiger partial charge in [-0.05, 0) is 56.5 Å². The van der Waals surface area contributed by atoms with E-state index in [0.717, 1.165) is 25.1 Å². The van der Waals surface area contributed by atoms with Gasteiger partial charge in [-0.15, -0.1) is 0 Å². The average Bonchev–Trinajstić information content (AvgIpc) is 3.06. The smallest absolute Gasteiger partial charge is 0.287 e. The van der Waals surface area contributed by atoms with Gasteiger partial charge in [-0.1, -0.05) is 12.1 Å². The largest absolute Gasteiger partial charge is 0.451 e. The number of carbonyl (C=O) groups excluding carboxylic acids is 1. The van der Waals surface area contributed by atoms with Crippen LogP contribution in [0, 0.1) is 5.92 Å². The lowest BCUT2D eigenvalue weighted by Crippen LogP contribution is -2.60. The summed E-state index contributed by atoms with van der Waals surface area (Å²) in [6.45, 7) is 4.37. The quantitative estimate of drug-likeness (QED) is 0.851. The number of carbonyl (C=O) groups is 1. The normalized spacial score (nSPS) is 28.7. The van der Waals surface area contributed by atoms with Crippen molar-refractivity contribution in [3.05, 3.63) is 42.2 Å². The van der Waals surface area contributed by atoms with Crippen LogP contribution in [-0.2, 0) is 0 Å². The Balaban J connectivity index is 1.46. The van der Waals surface area contributed by atoms with Crippen LogP contribution in [0.1, 0.15) is 30.3 Å². The van der Waals surface area contributed by atoms with Gasteiger partial charge in [0.2, 0.25) is 0 Å². The molecule has 1 amide bonds. The zero-order valence-corrected chi connectivity index (χ0v) is 13.9. The molecule has 2 bridgehead atoms. The molecule has 3 aliphatic heterocycles.